The second-order valence-corrected chi connectivity index (χ2v) is 3.58. The number of hydrogen-bond acceptors (Lipinski definition) is 2. The molecular weight excluding hydrogens is 286 g/mol. The van der Waals surface area contributed by atoms with Gasteiger partial charge in [0, 0.05) is 6.20 Å². The molecule has 2 aromatic rings. The molecule has 0 saturated carbocycles. The first kappa shape index (κ1) is 8.61. The van der Waals surface area contributed by atoms with Crippen LogP contribution in [-0.2, 0) is 0 Å². The lowest BCUT2D eigenvalue weighted by Gasteiger charge is -1.97. The van der Waals surface area contributed by atoms with Gasteiger partial charge in [0.05, 0.1) is 11.8 Å². The van der Waals surface area contributed by atoms with E-state index in [9.17, 15) is 9.18 Å². The van der Waals surface area contributed by atoms with Gasteiger partial charge in [-0.05, 0) is 28.7 Å². The van der Waals surface area contributed by atoms with Gasteiger partial charge in [-0.15, -0.1) is 0 Å². The van der Waals surface area contributed by atoms with E-state index in [0.29, 0.717) is 6.29 Å². The fraction of sp³-hybridized carbons (Fsp3) is 0. The Balaban J connectivity index is 2.87. The molecule has 0 aliphatic heterocycles. The lowest BCUT2D eigenvalue weighted by molar-refractivity contribution is 0.112. The van der Waals surface area contributed by atoms with E-state index in [4.69, 9.17) is 0 Å². The van der Waals surface area contributed by atoms with Crippen molar-refractivity contribution >= 4 is 34.5 Å². The van der Waals surface area contributed by atoms with Gasteiger partial charge in [0.15, 0.2) is 17.8 Å². The molecule has 2 rings (SSSR count). The van der Waals surface area contributed by atoms with Crippen LogP contribution in [0.3, 0.4) is 0 Å². The number of halogens is 2. The smallest absolute Gasteiger partial charge is 0.176 e. The third-order valence-corrected chi connectivity index (χ3v) is 2.53. The summed E-state index contributed by atoms with van der Waals surface area (Å²) >= 11 is 2.04. The van der Waals surface area contributed by atoms with Gasteiger partial charge in [-0.2, -0.15) is 0 Å². The minimum atomic E-state index is -0.569. The lowest BCUT2D eigenvalue weighted by atomic mass is 10.3. The zero-order chi connectivity index (χ0) is 9.42. The molecule has 0 unspecified atom stereocenters. The highest BCUT2D eigenvalue weighted by Crippen LogP contribution is 2.14. The van der Waals surface area contributed by atoms with Gasteiger partial charge in [-0.3, -0.25) is 9.20 Å². The lowest BCUT2D eigenvalue weighted by Crippen LogP contribution is -1.95. The molecule has 0 saturated heterocycles. The molecular formula is C8H4FIN2O. The van der Waals surface area contributed by atoms with Crippen LogP contribution in [0.1, 0.15) is 10.4 Å². The number of carbonyl (C=O) groups is 1. The number of imidazole rings is 1. The van der Waals surface area contributed by atoms with Crippen molar-refractivity contribution in [2.45, 2.75) is 0 Å². The molecule has 0 amide bonds. The second kappa shape index (κ2) is 3.06. The first-order valence-corrected chi connectivity index (χ1v) is 4.58. The van der Waals surface area contributed by atoms with Crippen LogP contribution < -0.4 is 0 Å². The highest BCUT2D eigenvalue weighted by molar-refractivity contribution is 14.1. The number of nitrogens with zero attached hydrogens (tertiary/aromatic N) is 2. The van der Waals surface area contributed by atoms with Crippen molar-refractivity contribution in [3.63, 3.8) is 0 Å². The van der Waals surface area contributed by atoms with Crippen LogP contribution in [0, 0.1) is 9.52 Å². The molecule has 0 radical (unpaired) electrons. The monoisotopic (exact) mass is 290 g/mol. The quantitative estimate of drug-likeness (QED) is 0.594. The molecule has 0 aliphatic carbocycles. The van der Waals surface area contributed by atoms with E-state index in [1.165, 1.54) is 6.07 Å². The average Bonchev–Trinajstić information content (AvgIpc) is 2.50. The maximum absolute atomic E-state index is 13.4. The summed E-state index contributed by atoms with van der Waals surface area (Å²) in [5.41, 5.74) is 0.225. The third kappa shape index (κ3) is 1.23. The topological polar surface area (TPSA) is 34.4 Å². The molecule has 0 aromatic carbocycles. The van der Waals surface area contributed by atoms with Crippen molar-refractivity contribution in [1.82, 2.24) is 9.38 Å². The molecule has 2 heterocycles. The van der Waals surface area contributed by atoms with Crippen molar-refractivity contribution in [3.8, 4) is 0 Å². The number of aldehydes is 1. The highest BCUT2D eigenvalue weighted by Gasteiger charge is 2.09. The van der Waals surface area contributed by atoms with Crippen LogP contribution >= 0.6 is 22.6 Å². The molecule has 0 N–H and O–H groups in total. The Morgan fingerprint density at radius 3 is 3.08 bits per heavy atom. The van der Waals surface area contributed by atoms with Gasteiger partial charge in [0.25, 0.3) is 0 Å². The largest absolute Gasteiger partial charge is 0.298 e. The molecule has 0 atom stereocenters. The molecule has 0 aliphatic rings. The SMILES string of the molecule is O=Cc1ccn2c(I)cnc2c1F. The number of hydrogen-bond donors (Lipinski definition) is 0. The Hall–Kier alpha value is -0.980. The summed E-state index contributed by atoms with van der Waals surface area (Å²) in [4.78, 5) is 14.2. The van der Waals surface area contributed by atoms with Gasteiger partial charge in [0.2, 0.25) is 0 Å². The van der Waals surface area contributed by atoms with E-state index >= 15 is 0 Å². The molecule has 66 valence electrons. The molecule has 0 spiro atoms. The van der Waals surface area contributed by atoms with E-state index < -0.39 is 5.82 Å². The highest BCUT2D eigenvalue weighted by atomic mass is 127. The molecule has 2 aromatic heterocycles. The Labute approximate surface area is 86.7 Å². The number of rotatable bonds is 1. The molecule has 5 heteroatoms. The van der Waals surface area contributed by atoms with Gasteiger partial charge in [-0.1, -0.05) is 0 Å². The zero-order valence-corrected chi connectivity index (χ0v) is 8.53. The molecule has 13 heavy (non-hydrogen) atoms. The summed E-state index contributed by atoms with van der Waals surface area (Å²) in [7, 11) is 0. The Bertz CT molecular complexity index is 480. The predicted molar refractivity (Wildman–Crippen MR) is 53.3 cm³/mol. The van der Waals surface area contributed by atoms with Gasteiger partial charge < -0.3 is 0 Å². The van der Waals surface area contributed by atoms with Crippen LogP contribution in [0.15, 0.2) is 18.5 Å². The maximum Gasteiger partial charge on any atom is 0.176 e. The van der Waals surface area contributed by atoms with Crippen LogP contribution in [0.5, 0.6) is 0 Å². The minimum absolute atomic E-state index is 0.0366. The van der Waals surface area contributed by atoms with E-state index in [2.05, 4.69) is 4.98 Å². The van der Waals surface area contributed by atoms with Crippen LogP contribution in [0.25, 0.3) is 5.65 Å². The van der Waals surface area contributed by atoms with E-state index in [1.807, 2.05) is 22.6 Å². The number of pyridine rings is 1. The molecule has 0 fully saturated rings. The maximum atomic E-state index is 13.4. The first-order chi connectivity index (χ1) is 6.24. The normalized spacial score (nSPS) is 10.6. The summed E-state index contributed by atoms with van der Waals surface area (Å²) in [6.45, 7) is 0. The Morgan fingerprint density at radius 2 is 2.38 bits per heavy atom. The molecule has 0 bridgehead atoms. The fourth-order valence-corrected chi connectivity index (χ4v) is 1.62. The zero-order valence-electron chi connectivity index (χ0n) is 6.37. The van der Waals surface area contributed by atoms with Gasteiger partial charge in [0.1, 0.15) is 3.70 Å². The number of aromatic nitrogens is 2. The Kier molecular flexibility index (Phi) is 2.03. The standard InChI is InChI=1S/C8H4FIN2O/c9-7-5(4-13)1-2-12-6(10)3-11-8(7)12/h1-4H. The van der Waals surface area contributed by atoms with Crippen molar-refractivity contribution in [2.24, 2.45) is 0 Å². The van der Waals surface area contributed by atoms with Gasteiger partial charge >= 0.3 is 0 Å². The first-order valence-electron chi connectivity index (χ1n) is 3.50. The van der Waals surface area contributed by atoms with E-state index in [0.717, 1.165) is 3.70 Å². The average molecular weight is 290 g/mol. The summed E-state index contributed by atoms with van der Waals surface area (Å²) < 4.78 is 15.8. The summed E-state index contributed by atoms with van der Waals surface area (Å²) in [6, 6.07) is 1.43. The number of fused-ring (bicyclic) bond motifs is 1. The van der Waals surface area contributed by atoms with Gasteiger partial charge in [-0.25, -0.2) is 9.37 Å². The van der Waals surface area contributed by atoms with Crippen LogP contribution in [0.4, 0.5) is 4.39 Å². The van der Waals surface area contributed by atoms with Crippen molar-refractivity contribution in [3.05, 3.63) is 33.5 Å². The van der Waals surface area contributed by atoms with Crippen LogP contribution in [0.2, 0.25) is 0 Å². The summed E-state index contributed by atoms with van der Waals surface area (Å²) in [5, 5.41) is 0. The van der Waals surface area contributed by atoms with Crippen LogP contribution in [-0.4, -0.2) is 15.7 Å². The van der Waals surface area contributed by atoms with E-state index in [-0.39, 0.29) is 11.2 Å². The predicted octanol–water partition coefficient (Wildman–Crippen LogP) is 1.89. The second-order valence-electron chi connectivity index (χ2n) is 2.48. The van der Waals surface area contributed by atoms with Crippen molar-refractivity contribution in [2.75, 3.05) is 0 Å². The fourth-order valence-electron chi connectivity index (χ4n) is 1.09. The van der Waals surface area contributed by atoms with E-state index in [1.54, 1.807) is 16.8 Å². The third-order valence-electron chi connectivity index (χ3n) is 1.73. The molecule has 3 nitrogen and oxygen atoms in total. The summed E-state index contributed by atoms with van der Waals surface area (Å²) in [6.07, 6.45) is 3.65. The van der Waals surface area contributed by atoms with Crippen molar-refractivity contribution < 1.29 is 9.18 Å². The minimum Gasteiger partial charge on any atom is -0.298 e. The van der Waals surface area contributed by atoms with Crippen molar-refractivity contribution in [1.29, 1.82) is 0 Å². The summed E-state index contributed by atoms with van der Waals surface area (Å²) in [5.74, 6) is -0.569. The Morgan fingerprint density at radius 1 is 1.62 bits per heavy atom. The number of carbonyl (C=O) groups excluding carboxylic acids is 1.